The minimum absolute atomic E-state index is 0.135. The highest BCUT2D eigenvalue weighted by atomic mass is 79.9. The predicted octanol–water partition coefficient (Wildman–Crippen LogP) is 4.86. The molecule has 6 nitrogen and oxygen atoms in total. The van der Waals surface area contributed by atoms with Crippen molar-refractivity contribution >= 4 is 39.3 Å². The van der Waals surface area contributed by atoms with Gasteiger partial charge in [0, 0.05) is 22.5 Å². The molecular formula is C20H17BrN4O2S. The second-order valence-corrected chi connectivity index (χ2v) is 8.26. The summed E-state index contributed by atoms with van der Waals surface area (Å²) in [6, 6.07) is 15.3. The van der Waals surface area contributed by atoms with Gasteiger partial charge in [-0.05, 0) is 24.0 Å². The zero-order valence-electron chi connectivity index (χ0n) is 15.3. The Kier molecular flexibility index (Phi) is 5.32. The van der Waals surface area contributed by atoms with Crippen molar-refractivity contribution in [1.82, 2.24) is 15.2 Å². The number of hydrogen-bond acceptors (Lipinski definition) is 6. The van der Waals surface area contributed by atoms with Crippen LogP contribution in [0, 0.1) is 0 Å². The monoisotopic (exact) mass is 456 g/mol. The van der Waals surface area contributed by atoms with Crippen molar-refractivity contribution in [3.63, 3.8) is 0 Å². The number of aromatic nitrogens is 3. The van der Waals surface area contributed by atoms with E-state index < -0.39 is 6.23 Å². The van der Waals surface area contributed by atoms with Gasteiger partial charge in [0.2, 0.25) is 23.2 Å². The molecule has 8 heteroatoms. The number of amides is 1. The van der Waals surface area contributed by atoms with Crippen molar-refractivity contribution in [2.75, 3.05) is 10.7 Å². The third-order valence-corrected chi connectivity index (χ3v) is 5.53. The van der Waals surface area contributed by atoms with Crippen LogP contribution in [0.15, 0.2) is 58.2 Å². The maximum absolute atomic E-state index is 12.7. The molecule has 0 saturated heterocycles. The average Bonchev–Trinajstić information content (AvgIpc) is 2.83. The maximum Gasteiger partial charge on any atom is 0.247 e. The highest BCUT2D eigenvalue weighted by molar-refractivity contribution is 9.10. The Balaban J connectivity index is 1.93. The first-order chi connectivity index (χ1) is 13.6. The Labute approximate surface area is 175 Å². The van der Waals surface area contributed by atoms with Crippen molar-refractivity contribution in [1.29, 1.82) is 0 Å². The lowest BCUT2D eigenvalue weighted by Crippen LogP contribution is -2.36. The first-order valence-corrected chi connectivity index (χ1v) is 10.5. The number of thioether (sulfide) groups is 1. The topological polar surface area (TPSA) is 68.2 Å². The van der Waals surface area contributed by atoms with Gasteiger partial charge in [0.1, 0.15) is 0 Å². The lowest BCUT2D eigenvalue weighted by Gasteiger charge is -2.29. The van der Waals surface area contributed by atoms with Crippen LogP contribution in [0.25, 0.3) is 11.3 Å². The highest BCUT2D eigenvalue weighted by Crippen LogP contribution is 2.43. The number of para-hydroxylation sites is 1. The van der Waals surface area contributed by atoms with E-state index in [9.17, 15) is 4.79 Å². The molecule has 0 aliphatic carbocycles. The molecular weight excluding hydrogens is 440 g/mol. The van der Waals surface area contributed by atoms with E-state index in [0.29, 0.717) is 22.4 Å². The summed E-state index contributed by atoms with van der Waals surface area (Å²) in [5.74, 6) is 1.06. The Morgan fingerprint density at radius 3 is 2.64 bits per heavy atom. The van der Waals surface area contributed by atoms with Crippen molar-refractivity contribution in [2.24, 2.45) is 0 Å². The first-order valence-electron chi connectivity index (χ1n) is 8.77. The second-order valence-electron chi connectivity index (χ2n) is 6.11. The smallest absolute Gasteiger partial charge is 0.247 e. The van der Waals surface area contributed by atoms with Crippen LogP contribution in [-0.4, -0.2) is 26.8 Å². The van der Waals surface area contributed by atoms with Crippen LogP contribution in [0.2, 0.25) is 0 Å². The number of hydrogen-bond donors (Lipinski definition) is 0. The van der Waals surface area contributed by atoms with Gasteiger partial charge in [-0.3, -0.25) is 9.69 Å². The summed E-state index contributed by atoms with van der Waals surface area (Å²) in [4.78, 5) is 18.9. The molecule has 3 aromatic rings. The van der Waals surface area contributed by atoms with Crippen molar-refractivity contribution in [3.05, 3.63) is 58.6 Å². The summed E-state index contributed by atoms with van der Waals surface area (Å²) in [5, 5.41) is 9.13. The van der Waals surface area contributed by atoms with Gasteiger partial charge in [-0.1, -0.05) is 64.9 Å². The molecule has 142 valence electrons. The predicted molar refractivity (Wildman–Crippen MR) is 112 cm³/mol. The van der Waals surface area contributed by atoms with E-state index in [0.717, 1.165) is 21.4 Å². The van der Waals surface area contributed by atoms with E-state index in [-0.39, 0.29) is 5.91 Å². The van der Waals surface area contributed by atoms with Gasteiger partial charge >= 0.3 is 0 Å². The molecule has 0 radical (unpaired) electrons. The molecule has 0 spiro atoms. The van der Waals surface area contributed by atoms with E-state index in [1.807, 2.05) is 55.5 Å². The van der Waals surface area contributed by atoms with E-state index in [2.05, 4.69) is 31.1 Å². The van der Waals surface area contributed by atoms with Crippen LogP contribution in [0.3, 0.4) is 0 Å². The summed E-state index contributed by atoms with van der Waals surface area (Å²) >= 11 is 4.94. The summed E-state index contributed by atoms with van der Waals surface area (Å²) < 4.78 is 7.24. The summed E-state index contributed by atoms with van der Waals surface area (Å²) in [5.41, 5.74) is 2.85. The maximum atomic E-state index is 12.7. The summed E-state index contributed by atoms with van der Waals surface area (Å²) in [6.45, 7) is 3.55. The van der Waals surface area contributed by atoms with Crippen molar-refractivity contribution in [2.45, 2.75) is 25.2 Å². The molecule has 1 atom stereocenters. The third-order valence-electron chi connectivity index (χ3n) is 4.28. The molecule has 0 fully saturated rings. The van der Waals surface area contributed by atoms with E-state index >= 15 is 0 Å². The quantitative estimate of drug-likeness (QED) is 0.524. The number of carbonyl (C=O) groups is 1. The Morgan fingerprint density at radius 1 is 1.18 bits per heavy atom. The standard InChI is InChI=1S/C20H17BrN4O2S/c1-3-28-20-22-18-17(23-24-20)15-6-4-5-7-16(15)25(12(2)26)19(27-18)13-8-10-14(21)11-9-13/h4-11,19H,3H2,1-2H3/t19-/m0/s1. The van der Waals surface area contributed by atoms with Crippen LogP contribution in [0.4, 0.5) is 5.69 Å². The number of anilines is 1. The molecule has 28 heavy (non-hydrogen) atoms. The number of carbonyl (C=O) groups excluding carboxylic acids is 1. The molecule has 2 heterocycles. The van der Waals surface area contributed by atoms with Crippen LogP contribution >= 0.6 is 27.7 Å². The lowest BCUT2D eigenvalue weighted by molar-refractivity contribution is -0.118. The van der Waals surface area contributed by atoms with E-state index in [1.165, 1.54) is 18.7 Å². The average molecular weight is 457 g/mol. The molecule has 1 amide bonds. The van der Waals surface area contributed by atoms with Gasteiger partial charge in [-0.15, -0.1) is 10.2 Å². The molecule has 1 aliphatic heterocycles. The van der Waals surface area contributed by atoms with Crippen LogP contribution in [-0.2, 0) is 4.79 Å². The summed E-state index contributed by atoms with van der Waals surface area (Å²) in [7, 11) is 0. The zero-order valence-corrected chi connectivity index (χ0v) is 17.7. The van der Waals surface area contributed by atoms with E-state index in [4.69, 9.17) is 4.74 Å². The fourth-order valence-electron chi connectivity index (χ4n) is 3.09. The number of halogens is 1. The molecule has 0 N–H and O–H groups in total. The summed E-state index contributed by atoms with van der Waals surface area (Å²) in [6.07, 6.45) is -0.663. The fraction of sp³-hybridized carbons (Fsp3) is 0.200. The number of nitrogens with zero attached hydrogens (tertiary/aromatic N) is 4. The molecule has 0 unspecified atom stereocenters. The van der Waals surface area contributed by atoms with Gasteiger partial charge in [0.15, 0.2) is 5.69 Å². The molecule has 4 rings (SSSR count). The van der Waals surface area contributed by atoms with Gasteiger partial charge in [0.25, 0.3) is 0 Å². The fourth-order valence-corrected chi connectivity index (χ4v) is 3.86. The zero-order chi connectivity index (χ0) is 19.7. The minimum Gasteiger partial charge on any atom is -0.447 e. The van der Waals surface area contributed by atoms with Crippen LogP contribution in [0.1, 0.15) is 25.6 Å². The molecule has 2 aromatic carbocycles. The van der Waals surface area contributed by atoms with Crippen LogP contribution in [0.5, 0.6) is 5.88 Å². The largest absolute Gasteiger partial charge is 0.447 e. The number of benzene rings is 2. The normalized spacial score (nSPS) is 15.2. The third kappa shape index (κ3) is 3.49. The first kappa shape index (κ1) is 18.9. The Bertz CT molecular complexity index is 1030. The van der Waals surface area contributed by atoms with Gasteiger partial charge < -0.3 is 4.74 Å². The number of rotatable bonds is 3. The van der Waals surface area contributed by atoms with Crippen LogP contribution < -0.4 is 9.64 Å². The van der Waals surface area contributed by atoms with E-state index in [1.54, 1.807) is 4.90 Å². The highest BCUT2D eigenvalue weighted by Gasteiger charge is 2.34. The minimum atomic E-state index is -0.663. The van der Waals surface area contributed by atoms with Crippen molar-refractivity contribution in [3.8, 4) is 17.1 Å². The van der Waals surface area contributed by atoms with Gasteiger partial charge in [-0.2, -0.15) is 4.98 Å². The van der Waals surface area contributed by atoms with Gasteiger partial charge in [-0.25, -0.2) is 0 Å². The number of ether oxygens (including phenoxy) is 1. The number of fused-ring (bicyclic) bond motifs is 3. The molecule has 0 saturated carbocycles. The molecule has 0 bridgehead atoms. The van der Waals surface area contributed by atoms with Gasteiger partial charge in [0.05, 0.1) is 5.69 Å². The molecule has 1 aromatic heterocycles. The SMILES string of the molecule is CCSc1nnc2c(n1)O[C@@H](c1ccc(Br)cc1)N(C(C)=O)c1ccccc1-2. The Morgan fingerprint density at radius 2 is 1.93 bits per heavy atom. The second kappa shape index (κ2) is 7.89. The lowest BCUT2D eigenvalue weighted by atomic mass is 10.1. The Hall–Kier alpha value is -2.45. The molecule has 1 aliphatic rings. The van der Waals surface area contributed by atoms with Crippen molar-refractivity contribution < 1.29 is 9.53 Å².